The van der Waals surface area contributed by atoms with Crippen molar-refractivity contribution in [1.29, 1.82) is 0 Å². The molecule has 0 atom stereocenters. The van der Waals surface area contributed by atoms with Crippen LogP contribution in [0.5, 0.6) is 0 Å². The lowest BCUT2D eigenvalue weighted by Gasteiger charge is -2.41. The molecule has 0 spiro atoms. The Morgan fingerprint density at radius 2 is 1.40 bits per heavy atom. The molecule has 15 heavy (non-hydrogen) atoms. The van der Waals surface area contributed by atoms with Crippen molar-refractivity contribution in [2.24, 2.45) is 0 Å². The molecule has 0 rings (SSSR count). The Balaban J connectivity index is 5.16. The van der Waals surface area contributed by atoms with Crippen molar-refractivity contribution in [1.82, 2.24) is 0 Å². The maximum Gasteiger partial charge on any atom is 0.333 e. The molecule has 0 aromatic rings. The summed E-state index contributed by atoms with van der Waals surface area (Å²) in [7, 11) is -4.59. The van der Waals surface area contributed by atoms with E-state index < -0.39 is 15.7 Å². The van der Waals surface area contributed by atoms with E-state index in [0.717, 1.165) is 0 Å². The molecule has 0 aliphatic carbocycles. The molecule has 0 fully saturated rings. The Hall–Kier alpha value is 0.367. The first-order valence-corrected chi connectivity index (χ1v) is 10.6. The largest absolute Gasteiger partial charge is 0.333 e. The van der Waals surface area contributed by atoms with E-state index >= 15 is 0 Å². The summed E-state index contributed by atoms with van der Waals surface area (Å²) in [6.07, 6.45) is 0. The van der Waals surface area contributed by atoms with Crippen LogP contribution in [-0.2, 0) is 13.6 Å². The van der Waals surface area contributed by atoms with E-state index in [-0.39, 0.29) is 4.78 Å². The Labute approximate surface area is 95.1 Å². The van der Waals surface area contributed by atoms with Crippen molar-refractivity contribution in [3.8, 4) is 0 Å². The highest BCUT2D eigenvalue weighted by molar-refractivity contribution is 7.59. The smallest absolute Gasteiger partial charge is 0.309 e. The topological polar surface area (TPSA) is 35.5 Å². The van der Waals surface area contributed by atoms with Gasteiger partial charge < -0.3 is 9.05 Å². The minimum absolute atomic E-state index is 0.355. The van der Waals surface area contributed by atoms with E-state index in [2.05, 4.69) is 19.6 Å². The fourth-order valence-corrected chi connectivity index (χ4v) is 6.18. The number of hydrogen-bond acceptors (Lipinski definition) is 3. The zero-order valence-electron chi connectivity index (χ0n) is 11.1. The summed E-state index contributed by atoms with van der Waals surface area (Å²) in [4.78, 5) is 0. The molecule has 92 valence electrons. The molecule has 0 amide bonds. The molecule has 0 heterocycles. The molecule has 0 unspecified atom stereocenters. The molecule has 5 heteroatoms. The van der Waals surface area contributed by atoms with Gasteiger partial charge in [0, 0.05) is 0 Å². The van der Waals surface area contributed by atoms with Gasteiger partial charge in [0.2, 0.25) is 0 Å². The quantitative estimate of drug-likeness (QED) is 0.531. The predicted molar refractivity (Wildman–Crippen MR) is 68.3 cm³/mol. The summed E-state index contributed by atoms with van der Waals surface area (Å²) in [5.74, 6) is 0. The van der Waals surface area contributed by atoms with Gasteiger partial charge in [0.25, 0.3) is 0 Å². The second kappa shape index (κ2) is 5.13. The maximum absolute atomic E-state index is 12.7. The Bertz CT molecular complexity index is 236. The van der Waals surface area contributed by atoms with Crippen LogP contribution in [0.25, 0.3) is 0 Å². The van der Waals surface area contributed by atoms with Crippen molar-refractivity contribution < 1.29 is 13.6 Å². The number of rotatable bonds is 6. The van der Waals surface area contributed by atoms with Gasteiger partial charge >= 0.3 is 7.60 Å². The molecule has 0 saturated heterocycles. The maximum atomic E-state index is 12.7. The molecule has 0 aromatic carbocycles. The van der Waals surface area contributed by atoms with Gasteiger partial charge in [-0.15, -0.1) is 0 Å². The lowest BCUT2D eigenvalue weighted by atomic mass is 10.5. The fraction of sp³-hybridized carbons (Fsp3) is 1.00. The third-order valence-corrected chi connectivity index (χ3v) is 12.2. The molecule has 0 aliphatic heterocycles. The molecule has 0 aliphatic rings. The Morgan fingerprint density at radius 3 is 1.60 bits per heavy atom. The summed E-state index contributed by atoms with van der Waals surface area (Å²) in [5.41, 5.74) is 0. The van der Waals surface area contributed by atoms with Crippen molar-refractivity contribution in [2.45, 2.75) is 52.1 Å². The summed E-state index contributed by atoms with van der Waals surface area (Å²) >= 11 is 0. The highest BCUT2D eigenvalue weighted by atomic mass is 31.2. The lowest BCUT2D eigenvalue weighted by molar-refractivity contribution is 0.209. The van der Waals surface area contributed by atoms with Crippen LogP contribution in [0.1, 0.15) is 27.7 Å². The van der Waals surface area contributed by atoms with Crippen LogP contribution >= 0.6 is 7.60 Å². The summed E-state index contributed by atoms with van der Waals surface area (Å²) in [6, 6.07) is 0. The zero-order chi connectivity index (χ0) is 12.3. The van der Waals surface area contributed by atoms with E-state index in [4.69, 9.17) is 9.05 Å². The standard InChI is InChI=1S/C10H25O3PSi/c1-8-12-14(11,13-9-2)10(3,4)15(5,6)7/h8-9H2,1-7H3. The molecular formula is C10H25O3PSi. The fourth-order valence-electron chi connectivity index (χ4n) is 1.11. The summed E-state index contributed by atoms with van der Waals surface area (Å²) < 4.78 is 23.2. The predicted octanol–water partition coefficient (Wildman–Crippen LogP) is 3.91. The third kappa shape index (κ3) is 3.16. The van der Waals surface area contributed by atoms with E-state index in [1.165, 1.54) is 0 Å². The summed E-state index contributed by atoms with van der Waals surface area (Å²) in [5, 5.41) is 0. The van der Waals surface area contributed by atoms with Crippen LogP contribution in [0.3, 0.4) is 0 Å². The molecular weight excluding hydrogens is 227 g/mol. The van der Waals surface area contributed by atoms with E-state index in [0.29, 0.717) is 13.2 Å². The molecule has 0 bridgehead atoms. The normalized spacial score (nSPS) is 14.3. The third-order valence-electron chi connectivity index (χ3n) is 3.12. The SMILES string of the molecule is CCOP(=O)(OCC)C(C)(C)[Si](C)(C)C. The van der Waals surface area contributed by atoms with Crippen molar-refractivity contribution >= 4 is 15.7 Å². The van der Waals surface area contributed by atoms with Gasteiger partial charge in [-0.2, -0.15) is 0 Å². The Morgan fingerprint density at radius 1 is 1.07 bits per heavy atom. The molecule has 0 aromatic heterocycles. The first-order valence-electron chi connectivity index (χ1n) is 5.51. The van der Waals surface area contributed by atoms with Gasteiger partial charge in [0.1, 0.15) is 0 Å². The van der Waals surface area contributed by atoms with Crippen molar-refractivity contribution in [3.63, 3.8) is 0 Å². The van der Waals surface area contributed by atoms with Crippen LogP contribution in [0, 0.1) is 0 Å². The monoisotopic (exact) mass is 252 g/mol. The molecule has 0 saturated carbocycles. The van der Waals surface area contributed by atoms with Crippen molar-refractivity contribution in [2.75, 3.05) is 13.2 Å². The van der Waals surface area contributed by atoms with Gasteiger partial charge in [-0.3, -0.25) is 4.57 Å². The van der Waals surface area contributed by atoms with Crippen LogP contribution in [0.15, 0.2) is 0 Å². The average Bonchev–Trinajstić information content (AvgIpc) is 2.02. The van der Waals surface area contributed by atoms with Crippen LogP contribution in [0.4, 0.5) is 0 Å². The van der Waals surface area contributed by atoms with Gasteiger partial charge in [-0.25, -0.2) is 0 Å². The average molecular weight is 252 g/mol. The molecule has 0 radical (unpaired) electrons. The zero-order valence-corrected chi connectivity index (χ0v) is 13.0. The van der Waals surface area contributed by atoms with E-state index in [1.807, 2.05) is 27.7 Å². The van der Waals surface area contributed by atoms with E-state index in [9.17, 15) is 4.57 Å². The lowest BCUT2D eigenvalue weighted by Crippen LogP contribution is -2.47. The first-order chi connectivity index (χ1) is 6.62. The van der Waals surface area contributed by atoms with Gasteiger partial charge in [0.15, 0.2) is 0 Å². The van der Waals surface area contributed by atoms with Crippen LogP contribution in [-0.4, -0.2) is 26.1 Å². The van der Waals surface area contributed by atoms with E-state index in [1.54, 1.807) is 0 Å². The van der Waals surface area contributed by atoms with Gasteiger partial charge in [-0.05, 0) is 13.8 Å². The highest BCUT2D eigenvalue weighted by Gasteiger charge is 2.51. The van der Waals surface area contributed by atoms with Gasteiger partial charge in [-0.1, -0.05) is 33.5 Å². The molecule has 3 nitrogen and oxygen atoms in total. The van der Waals surface area contributed by atoms with Crippen molar-refractivity contribution in [3.05, 3.63) is 0 Å². The van der Waals surface area contributed by atoms with Gasteiger partial charge in [0.05, 0.1) is 26.1 Å². The minimum atomic E-state index is -2.98. The van der Waals surface area contributed by atoms with Crippen LogP contribution < -0.4 is 0 Å². The first kappa shape index (κ1) is 15.4. The van der Waals surface area contributed by atoms with Crippen LogP contribution in [0.2, 0.25) is 19.6 Å². The second-order valence-corrected chi connectivity index (χ2v) is 13.9. The number of hydrogen-bond donors (Lipinski definition) is 0. The Kier molecular flexibility index (Phi) is 5.26. The highest BCUT2D eigenvalue weighted by Crippen LogP contribution is 2.62. The summed E-state index contributed by atoms with van der Waals surface area (Å²) in [6.45, 7) is 15.2. The minimum Gasteiger partial charge on any atom is -0.309 e. The molecule has 0 N–H and O–H groups in total. The second-order valence-electron chi connectivity index (χ2n) is 5.14.